The van der Waals surface area contributed by atoms with Crippen molar-refractivity contribution in [1.82, 2.24) is 4.72 Å². The van der Waals surface area contributed by atoms with Gasteiger partial charge in [0, 0.05) is 12.6 Å². The van der Waals surface area contributed by atoms with Gasteiger partial charge >= 0.3 is 0 Å². The van der Waals surface area contributed by atoms with E-state index in [1.54, 1.807) is 26.0 Å². The molecule has 96 valence electrons. The number of sulfonamides is 1. The molecule has 0 amide bonds. The molecule has 0 radical (unpaired) electrons. The Hall–Kier alpha value is -0.910. The summed E-state index contributed by atoms with van der Waals surface area (Å²) in [5.41, 5.74) is 0.754. The van der Waals surface area contributed by atoms with Crippen LogP contribution in [0.15, 0.2) is 30.3 Å². The molecule has 0 saturated carbocycles. The highest BCUT2D eigenvalue weighted by atomic mass is 32.2. The second kappa shape index (κ2) is 6.14. The summed E-state index contributed by atoms with van der Waals surface area (Å²) in [4.78, 5) is 0. The van der Waals surface area contributed by atoms with Gasteiger partial charge in [0.1, 0.15) is 0 Å². The average Bonchev–Trinajstić information content (AvgIpc) is 2.27. The first-order valence-electron chi connectivity index (χ1n) is 5.59. The molecule has 5 heteroatoms. The van der Waals surface area contributed by atoms with E-state index in [2.05, 4.69) is 4.72 Å². The van der Waals surface area contributed by atoms with Gasteiger partial charge in [0.05, 0.1) is 5.75 Å². The summed E-state index contributed by atoms with van der Waals surface area (Å²) in [5, 5.41) is 8.96. The predicted molar refractivity (Wildman–Crippen MR) is 67.9 cm³/mol. The standard InChI is InChI=1S/C12H19NO3S/c1-10(8-14)11(2)13-17(15,16)9-12-6-4-3-5-7-12/h3-7,10-11,13-14H,8-9H2,1-2H3/t10-,11-/m0/s1. The molecule has 17 heavy (non-hydrogen) atoms. The van der Waals surface area contributed by atoms with Gasteiger partial charge in [-0.2, -0.15) is 0 Å². The molecule has 1 rings (SSSR count). The molecule has 0 spiro atoms. The van der Waals surface area contributed by atoms with E-state index >= 15 is 0 Å². The second-order valence-corrected chi connectivity index (χ2v) is 6.06. The highest BCUT2D eigenvalue weighted by molar-refractivity contribution is 7.88. The maximum atomic E-state index is 11.8. The van der Waals surface area contributed by atoms with Gasteiger partial charge in [-0.05, 0) is 18.4 Å². The molecule has 0 aliphatic rings. The van der Waals surface area contributed by atoms with E-state index in [0.29, 0.717) is 0 Å². The zero-order valence-electron chi connectivity index (χ0n) is 10.1. The molecule has 0 aromatic heterocycles. The zero-order chi connectivity index (χ0) is 12.9. The van der Waals surface area contributed by atoms with Crippen molar-refractivity contribution in [1.29, 1.82) is 0 Å². The van der Waals surface area contributed by atoms with Crippen LogP contribution in [0.5, 0.6) is 0 Å². The Morgan fingerprint density at radius 1 is 1.24 bits per heavy atom. The Bertz CT molecular complexity index is 430. The number of rotatable bonds is 6. The number of aliphatic hydroxyl groups is 1. The summed E-state index contributed by atoms with van der Waals surface area (Å²) in [5.74, 6) is -0.128. The van der Waals surface area contributed by atoms with Crippen LogP contribution < -0.4 is 4.72 Å². The lowest BCUT2D eigenvalue weighted by Gasteiger charge is -2.19. The minimum atomic E-state index is -3.35. The smallest absolute Gasteiger partial charge is 0.216 e. The molecule has 1 aromatic carbocycles. The lowest BCUT2D eigenvalue weighted by atomic mass is 10.1. The van der Waals surface area contributed by atoms with Gasteiger partial charge in [0.25, 0.3) is 0 Å². The van der Waals surface area contributed by atoms with E-state index in [9.17, 15) is 8.42 Å². The van der Waals surface area contributed by atoms with Gasteiger partial charge in [-0.25, -0.2) is 13.1 Å². The van der Waals surface area contributed by atoms with Crippen LogP contribution in [0.1, 0.15) is 19.4 Å². The highest BCUT2D eigenvalue weighted by Gasteiger charge is 2.19. The summed E-state index contributed by atoms with van der Waals surface area (Å²) >= 11 is 0. The Labute approximate surface area is 103 Å². The van der Waals surface area contributed by atoms with Gasteiger partial charge in [0.2, 0.25) is 10.0 Å². The number of aliphatic hydroxyl groups excluding tert-OH is 1. The summed E-state index contributed by atoms with van der Waals surface area (Å²) in [6.45, 7) is 3.52. The van der Waals surface area contributed by atoms with Crippen LogP contribution in [0.2, 0.25) is 0 Å². The van der Waals surface area contributed by atoms with Crippen LogP contribution in [0.4, 0.5) is 0 Å². The second-order valence-electron chi connectivity index (χ2n) is 4.31. The molecule has 0 unspecified atom stereocenters. The van der Waals surface area contributed by atoms with Crippen molar-refractivity contribution >= 4 is 10.0 Å². The molecule has 0 aliphatic carbocycles. The minimum Gasteiger partial charge on any atom is -0.396 e. The van der Waals surface area contributed by atoms with Crippen molar-refractivity contribution in [3.8, 4) is 0 Å². The molecule has 4 nitrogen and oxygen atoms in total. The number of nitrogens with one attached hydrogen (secondary N) is 1. The van der Waals surface area contributed by atoms with Crippen molar-refractivity contribution < 1.29 is 13.5 Å². The van der Waals surface area contributed by atoms with E-state index in [0.717, 1.165) is 5.56 Å². The van der Waals surface area contributed by atoms with E-state index in [1.165, 1.54) is 0 Å². The lowest BCUT2D eigenvalue weighted by molar-refractivity contribution is 0.216. The van der Waals surface area contributed by atoms with Crippen LogP contribution in [-0.4, -0.2) is 26.2 Å². The third-order valence-corrected chi connectivity index (χ3v) is 4.15. The van der Waals surface area contributed by atoms with Crippen molar-refractivity contribution in [2.75, 3.05) is 6.61 Å². The lowest BCUT2D eigenvalue weighted by Crippen LogP contribution is -2.38. The van der Waals surface area contributed by atoms with Crippen molar-refractivity contribution in [2.45, 2.75) is 25.6 Å². The van der Waals surface area contributed by atoms with Crippen molar-refractivity contribution in [3.05, 3.63) is 35.9 Å². The summed E-state index contributed by atoms with van der Waals surface area (Å²) in [6.07, 6.45) is 0. The summed E-state index contributed by atoms with van der Waals surface area (Å²) < 4.78 is 26.2. The number of benzene rings is 1. The summed E-state index contributed by atoms with van der Waals surface area (Å²) in [7, 11) is -3.35. The molecule has 1 aromatic rings. The van der Waals surface area contributed by atoms with Crippen molar-refractivity contribution in [3.63, 3.8) is 0 Å². The third kappa shape index (κ3) is 4.85. The number of hydrogen-bond acceptors (Lipinski definition) is 3. The first-order chi connectivity index (χ1) is 7.94. The topological polar surface area (TPSA) is 66.4 Å². The third-order valence-electron chi connectivity index (χ3n) is 2.71. The van der Waals surface area contributed by atoms with E-state index < -0.39 is 10.0 Å². The van der Waals surface area contributed by atoms with Gasteiger partial charge < -0.3 is 5.11 Å². The first-order valence-corrected chi connectivity index (χ1v) is 7.24. The van der Waals surface area contributed by atoms with Gasteiger partial charge in [-0.3, -0.25) is 0 Å². The van der Waals surface area contributed by atoms with E-state index in [-0.39, 0.29) is 24.3 Å². The first kappa shape index (κ1) is 14.2. The average molecular weight is 257 g/mol. The Morgan fingerprint density at radius 3 is 2.35 bits per heavy atom. The monoisotopic (exact) mass is 257 g/mol. The summed E-state index contributed by atoms with van der Waals surface area (Å²) in [6, 6.07) is 8.75. The SMILES string of the molecule is C[C@H](NS(=O)(=O)Cc1ccccc1)[C@@H](C)CO. The molecule has 2 atom stereocenters. The number of hydrogen-bond donors (Lipinski definition) is 2. The largest absolute Gasteiger partial charge is 0.396 e. The maximum Gasteiger partial charge on any atom is 0.216 e. The van der Waals surface area contributed by atoms with Gasteiger partial charge in [0.15, 0.2) is 0 Å². The molecule has 2 N–H and O–H groups in total. The van der Waals surface area contributed by atoms with Crippen LogP contribution >= 0.6 is 0 Å². The molecule has 0 aliphatic heterocycles. The minimum absolute atomic E-state index is 0.0314. The van der Waals surface area contributed by atoms with Crippen LogP contribution in [0.25, 0.3) is 0 Å². The Balaban J connectivity index is 2.64. The molecule has 0 heterocycles. The molecule has 0 fully saturated rings. The molecular weight excluding hydrogens is 238 g/mol. The van der Waals surface area contributed by atoms with Crippen molar-refractivity contribution in [2.24, 2.45) is 5.92 Å². The molecule has 0 bridgehead atoms. The van der Waals surface area contributed by atoms with Gasteiger partial charge in [-0.15, -0.1) is 0 Å². The fourth-order valence-corrected chi connectivity index (χ4v) is 2.91. The predicted octanol–water partition coefficient (Wildman–Crippen LogP) is 1.12. The maximum absolute atomic E-state index is 11.8. The van der Waals surface area contributed by atoms with Crippen LogP contribution in [-0.2, 0) is 15.8 Å². The van der Waals surface area contributed by atoms with E-state index in [4.69, 9.17) is 5.11 Å². The fraction of sp³-hybridized carbons (Fsp3) is 0.500. The highest BCUT2D eigenvalue weighted by Crippen LogP contribution is 2.07. The fourth-order valence-electron chi connectivity index (χ4n) is 1.39. The van der Waals surface area contributed by atoms with Gasteiger partial charge in [-0.1, -0.05) is 37.3 Å². The van der Waals surface area contributed by atoms with E-state index in [1.807, 2.05) is 18.2 Å². The molecule has 0 saturated heterocycles. The quantitative estimate of drug-likeness (QED) is 0.802. The Morgan fingerprint density at radius 2 is 1.82 bits per heavy atom. The normalized spacial score (nSPS) is 15.5. The Kier molecular flexibility index (Phi) is 5.11. The zero-order valence-corrected chi connectivity index (χ0v) is 10.9. The van der Waals surface area contributed by atoms with Crippen LogP contribution in [0.3, 0.4) is 0 Å². The molecular formula is C12H19NO3S. The van der Waals surface area contributed by atoms with Crippen LogP contribution in [0, 0.1) is 5.92 Å².